The number of benzene rings is 8. The Hall–Kier alpha value is -7.55. The minimum absolute atomic E-state index is 0.454. The number of para-hydroxylation sites is 1. The molecule has 0 aliphatic heterocycles. The maximum Gasteiger partial charge on any atom is 0.140 e. The van der Waals surface area contributed by atoms with Crippen LogP contribution in [-0.2, 0) is 5.41 Å². The van der Waals surface area contributed by atoms with Gasteiger partial charge < -0.3 is 4.42 Å². The Bertz CT molecular complexity index is 3150. The van der Waals surface area contributed by atoms with Crippen molar-refractivity contribution in [1.82, 2.24) is 4.98 Å². The van der Waals surface area contributed by atoms with E-state index in [2.05, 4.69) is 212 Å². The first-order chi connectivity index (χ1) is 28.7. The fourth-order valence-corrected chi connectivity index (χ4v) is 9.70. The van der Waals surface area contributed by atoms with Crippen molar-refractivity contribution in [3.63, 3.8) is 0 Å². The molecule has 12 rings (SSSR count). The van der Waals surface area contributed by atoms with Gasteiger partial charge in [0.2, 0.25) is 0 Å². The summed E-state index contributed by atoms with van der Waals surface area (Å²) in [6.07, 6.45) is 0. The Balaban J connectivity index is 0.963. The third-order valence-electron chi connectivity index (χ3n) is 12.3. The molecule has 2 aliphatic rings. The molecule has 2 nitrogen and oxygen atoms in total. The Labute approximate surface area is 337 Å². The molecular formula is C56H35NO. The highest BCUT2D eigenvalue weighted by Crippen LogP contribution is 2.65. The second-order valence-corrected chi connectivity index (χ2v) is 15.4. The number of hydrogen-bond donors (Lipinski definition) is 0. The maximum atomic E-state index is 6.84. The van der Waals surface area contributed by atoms with Crippen LogP contribution < -0.4 is 0 Å². The summed E-state index contributed by atoms with van der Waals surface area (Å²) in [6, 6.07) is 76.5. The molecule has 2 heteroatoms. The van der Waals surface area contributed by atoms with Gasteiger partial charge in [-0.25, -0.2) is 4.98 Å². The molecule has 0 atom stereocenters. The van der Waals surface area contributed by atoms with Crippen molar-refractivity contribution in [2.75, 3.05) is 0 Å². The van der Waals surface area contributed by atoms with E-state index in [1.54, 1.807) is 0 Å². The van der Waals surface area contributed by atoms with Crippen molar-refractivity contribution in [3.05, 3.63) is 235 Å². The standard InChI is InChI=1S/C56H35NO/c1-3-13-36(14-4-1)37-27-29-41(30-28-37)52-35-43(34-51(57-52)40-15-5-2-6-16-40)39-25-23-38(24-26-39)42-31-32-50-47(33-42)55-54(46-19-9-12-22-53(46)58-55)56(50)48-20-10-7-17-44(48)45-18-8-11-21-49(45)56/h1-35H. The molecular weight excluding hydrogens is 703 g/mol. The zero-order chi connectivity index (χ0) is 38.2. The molecule has 0 saturated heterocycles. The number of furan rings is 1. The highest BCUT2D eigenvalue weighted by molar-refractivity contribution is 6.02. The monoisotopic (exact) mass is 737 g/mol. The lowest BCUT2D eigenvalue weighted by molar-refractivity contribution is 0.628. The highest BCUT2D eigenvalue weighted by atomic mass is 16.3. The summed E-state index contributed by atoms with van der Waals surface area (Å²) in [5, 5.41) is 1.17. The second kappa shape index (κ2) is 12.7. The summed E-state index contributed by atoms with van der Waals surface area (Å²) in [4.78, 5) is 5.18. The van der Waals surface area contributed by atoms with Crippen molar-refractivity contribution in [2.45, 2.75) is 5.41 Å². The van der Waals surface area contributed by atoms with Crippen LogP contribution in [0.25, 0.3) is 89.3 Å². The summed E-state index contributed by atoms with van der Waals surface area (Å²) in [5.74, 6) is 0.968. The largest absolute Gasteiger partial charge is 0.456 e. The van der Waals surface area contributed by atoms with Gasteiger partial charge in [0, 0.05) is 27.6 Å². The highest BCUT2D eigenvalue weighted by Gasteiger charge is 2.54. The van der Waals surface area contributed by atoms with E-state index in [1.165, 1.54) is 49.9 Å². The molecule has 2 aromatic heterocycles. The Morgan fingerprint density at radius 3 is 1.43 bits per heavy atom. The SMILES string of the molecule is c1ccc(-c2ccc(-c3cc(-c4ccc(-c5ccc6c(c5)-c5oc7ccccc7c5C65c6ccccc6-c6ccccc65)cc4)cc(-c4ccccc4)n3)cc2)cc1. The van der Waals surface area contributed by atoms with Gasteiger partial charge in [0.05, 0.1) is 16.8 Å². The van der Waals surface area contributed by atoms with Gasteiger partial charge >= 0.3 is 0 Å². The van der Waals surface area contributed by atoms with Gasteiger partial charge in [0.1, 0.15) is 11.3 Å². The summed E-state index contributed by atoms with van der Waals surface area (Å²) in [6.45, 7) is 0. The Kier molecular flexibility index (Phi) is 7.18. The lowest BCUT2D eigenvalue weighted by Crippen LogP contribution is -2.25. The summed E-state index contributed by atoms with van der Waals surface area (Å²) in [5.41, 5.74) is 20.4. The summed E-state index contributed by atoms with van der Waals surface area (Å²) >= 11 is 0. The molecule has 0 N–H and O–H groups in total. The maximum absolute atomic E-state index is 6.84. The molecule has 0 unspecified atom stereocenters. The number of aromatic nitrogens is 1. The number of fused-ring (bicyclic) bond motifs is 12. The molecule has 0 amide bonds. The molecule has 2 aliphatic carbocycles. The second-order valence-electron chi connectivity index (χ2n) is 15.4. The first-order valence-corrected chi connectivity index (χ1v) is 19.9. The van der Waals surface area contributed by atoms with Gasteiger partial charge in [-0.3, -0.25) is 0 Å². The summed E-state index contributed by atoms with van der Waals surface area (Å²) < 4.78 is 6.84. The molecule has 0 saturated carbocycles. The molecule has 1 spiro atoms. The molecule has 0 radical (unpaired) electrons. The molecule has 10 aromatic rings. The van der Waals surface area contributed by atoms with E-state index in [1.807, 2.05) is 0 Å². The van der Waals surface area contributed by atoms with Gasteiger partial charge in [-0.05, 0) is 85.5 Å². The van der Waals surface area contributed by atoms with E-state index in [4.69, 9.17) is 9.40 Å². The third-order valence-corrected chi connectivity index (χ3v) is 12.3. The van der Waals surface area contributed by atoms with Crippen LogP contribution in [0.4, 0.5) is 0 Å². The first kappa shape index (κ1) is 32.7. The van der Waals surface area contributed by atoms with Crippen LogP contribution in [0.3, 0.4) is 0 Å². The van der Waals surface area contributed by atoms with Gasteiger partial charge in [-0.1, -0.05) is 188 Å². The fraction of sp³-hybridized carbons (Fsp3) is 0.0179. The molecule has 58 heavy (non-hydrogen) atoms. The lowest BCUT2D eigenvalue weighted by atomic mass is 9.70. The van der Waals surface area contributed by atoms with Crippen LogP contribution in [0.1, 0.15) is 22.3 Å². The molecule has 8 aromatic carbocycles. The minimum Gasteiger partial charge on any atom is -0.456 e. The van der Waals surface area contributed by atoms with Crippen molar-refractivity contribution in [3.8, 4) is 78.3 Å². The Morgan fingerprint density at radius 1 is 0.328 bits per heavy atom. The van der Waals surface area contributed by atoms with E-state index in [9.17, 15) is 0 Å². The van der Waals surface area contributed by atoms with Gasteiger partial charge in [0.15, 0.2) is 0 Å². The number of pyridine rings is 1. The van der Waals surface area contributed by atoms with Crippen LogP contribution >= 0.6 is 0 Å². The number of nitrogens with zero attached hydrogens (tertiary/aromatic N) is 1. The minimum atomic E-state index is -0.454. The fourth-order valence-electron chi connectivity index (χ4n) is 9.70. The normalized spacial score (nSPS) is 13.0. The average Bonchev–Trinajstić information content (AvgIpc) is 3.93. The Morgan fingerprint density at radius 2 is 0.776 bits per heavy atom. The number of hydrogen-bond acceptors (Lipinski definition) is 2. The zero-order valence-electron chi connectivity index (χ0n) is 31.6. The quantitative estimate of drug-likeness (QED) is 0.176. The van der Waals surface area contributed by atoms with Crippen molar-refractivity contribution in [1.29, 1.82) is 0 Å². The summed E-state index contributed by atoms with van der Waals surface area (Å²) in [7, 11) is 0. The molecule has 0 fully saturated rings. The number of rotatable bonds is 5. The van der Waals surface area contributed by atoms with Gasteiger partial charge in [-0.15, -0.1) is 0 Å². The molecule has 0 bridgehead atoms. The van der Waals surface area contributed by atoms with Crippen LogP contribution in [-0.4, -0.2) is 4.98 Å². The topological polar surface area (TPSA) is 26.0 Å². The van der Waals surface area contributed by atoms with E-state index >= 15 is 0 Å². The predicted molar refractivity (Wildman–Crippen MR) is 237 cm³/mol. The van der Waals surface area contributed by atoms with E-state index in [0.717, 1.165) is 61.7 Å². The average molecular weight is 738 g/mol. The van der Waals surface area contributed by atoms with Crippen LogP contribution in [0.2, 0.25) is 0 Å². The van der Waals surface area contributed by atoms with E-state index in [0.29, 0.717) is 0 Å². The third kappa shape index (κ3) is 4.82. The first-order valence-electron chi connectivity index (χ1n) is 19.9. The van der Waals surface area contributed by atoms with Crippen molar-refractivity contribution in [2.24, 2.45) is 0 Å². The van der Waals surface area contributed by atoms with Crippen molar-refractivity contribution >= 4 is 11.0 Å². The van der Waals surface area contributed by atoms with Gasteiger partial charge in [-0.2, -0.15) is 0 Å². The van der Waals surface area contributed by atoms with Crippen LogP contribution in [0.5, 0.6) is 0 Å². The van der Waals surface area contributed by atoms with E-state index < -0.39 is 5.41 Å². The van der Waals surface area contributed by atoms with Crippen LogP contribution in [0, 0.1) is 0 Å². The van der Waals surface area contributed by atoms with Crippen LogP contribution in [0.15, 0.2) is 217 Å². The van der Waals surface area contributed by atoms with E-state index in [-0.39, 0.29) is 0 Å². The van der Waals surface area contributed by atoms with Gasteiger partial charge in [0.25, 0.3) is 0 Å². The lowest BCUT2D eigenvalue weighted by Gasteiger charge is -2.30. The van der Waals surface area contributed by atoms with Crippen molar-refractivity contribution < 1.29 is 4.42 Å². The predicted octanol–water partition coefficient (Wildman–Crippen LogP) is 14.5. The zero-order valence-corrected chi connectivity index (χ0v) is 31.6. The smallest absolute Gasteiger partial charge is 0.140 e. The molecule has 270 valence electrons. The molecule has 2 heterocycles.